The highest BCUT2D eigenvalue weighted by Gasteiger charge is 2.66. The van der Waals surface area contributed by atoms with Crippen molar-refractivity contribution in [1.29, 1.82) is 5.26 Å². The molecular weight excluding hydrogens is 569 g/mol. The van der Waals surface area contributed by atoms with Gasteiger partial charge < -0.3 is 16.0 Å². The number of amides is 2. The number of nitrogens with zero attached hydrogens (tertiary/aromatic N) is 1. The summed E-state index contributed by atoms with van der Waals surface area (Å²) in [6.07, 6.45) is 0.255. The fourth-order valence-corrected chi connectivity index (χ4v) is 6.74. The normalized spacial score (nSPS) is 23.3. The molecule has 0 saturated carbocycles. The predicted molar refractivity (Wildman–Crippen MR) is 155 cm³/mol. The van der Waals surface area contributed by atoms with Crippen molar-refractivity contribution in [3.8, 4) is 6.07 Å². The number of nitrogens with one attached hydrogen (secondary N) is 3. The van der Waals surface area contributed by atoms with Crippen LogP contribution in [0.3, 0.4) is 0 Å². The molecule has 10 heteroatoms. The van der Waals surface area contributed by atoms with Gasteiger partial charge in [-0.05, 0) is 59.9 Å². The molecule has 3 aromatic carbocycles. The number of rotatable bonds is 5. The molecule has 4 unspecified atom stereocenters. The number of hydrogen-bond acceptors (Lipinski definition) is 4. The van der Waals surface area contributed by atoms with Gasteiger partial charge in [0.15, 0.2) is 0 Å². The number of nitriles is 1. The average Bonchev–Trinajstić information content (AvgIpc) is 3.34. The van der Waals surface area contributed by atoms with Gasteiger partial charge in [0.25, 0.3) is 0 Å². The summed E-state index contributed by atoms with van der Waals surface area (Å²) in [6.45, 7) is 5.98. The molecule has 6 nitrogen and oxygen atoms in total. The van der Waals surface area contributed by atoms with Gasteiger partial charge in [0.05, 0.1) is 16.7 Å². The van der Waals surface area contributed by atoms with Crippen LogP contribution >= 0.6 is 23.2 Å². The molecule has 41 heavy (non-hydrogen) atoms. The molecule has 1 fully saturated rings. The van der Waals surface area contributed by atoms with E-state index in [2.05, 4.69) is 16.0 Å². The van der Waals surface area contributed by atoms with Crippen molar-refractivity contribution >= 4 is 46.4 Å². The molecule has 5 rings (SSSR count). The van der Waals surface area contributed by atoms with E-state index < -0.39 is 46.9 Å². The third kappa shape index (κ3) is 5.19. The minimum Gasteiger partial charge on any atom is -0.326 e. The van der Waals surface area contributed by atoms with Crippen LogP contribution in [0.5, 0.6) is 0 Å². The third-order valence-electron chi connectivity index (χ3n) is 7.79. The van der Waals surface area contributed by atoms with E-state index in [0.717, 1.165) is 6.07 Å². The second-order valence-corrected chi connectivity index (χ2v) is 12.6. The molecule has 0 radical (unpaired) electrons. The summed E-state index contributed by atoms with van der Waals surface area (Å²) in [6, 6.07) is 14.1. The zero-order valence-corrected chi connectivity index (χ0v) is 24.1. The van der Waals surface area contributed by atoms with Gasteiger partial charge in [0.1, 0.15) is 17.0 Å². The molecule has 1 saturated heterocycles. The van der Waals surface area contributed by atoms with Crippen molar-refractivity contribution in [3.63, 3.8) is 0 Å². The fourth-order valence-electron chi connectivity index (χ4n) is 6.35. The van der Waals surface area contributed by atoms with Gasteiger partial charge in [-0.1, -0.05) is 56.1 Å². The van der Waals surface area contributed by atoms with E-state index in [0.29, 0.717) is 17.7 Å². The lowest BCUT2D eigenvalue weighted by atomic mass is 9.62. The fraction of sp³-hybridized carbons (Fsp3) is 0.323. The smallest absolute Gasteiger partial charge is 0.237 e. The lowest BCUT2D eigenvalue weighted by Gasteiger charge is -2.38. The number of carbonyl (C=O) groups is 2. The molecule has 2 heterocycles. The first-order valence-electron chi connectivity index (χ1n) is 13.2. The minimum atomic E-state index is -1.61. The molecule has 0 aromatic heterocycles. The van der Waals surface area contributed by atoms with Gasteiger partial charge in [-0.25, -0.2) is 8.78 Å². The summed E-state index contributed by atoms with van der Waals surface area (Å²) < 4.78 is 31.7. The molecule has 2 aliphatic heterocycles. The molecule has 212 valence electrons. The molecular formula is C31H28Cl2F2N4O2. The molecule has 1 spiro atoms. The molecule has 3 aromatic rings. The first-order valence-corrected chi connectivity index (χ1v) is 13.9. The van der Waals surface area contributed by atoms with Crippen molar-refractivity contribution in [2.45, 2.75) is 57.0 Å². The zero-order chi connectivity index (χ0) is 29.7. The molecule has 0 bridgehead atoms. The largest absolute Gasteiger partial charge is 0.326 e. The zero-order valence-electron chi connectivity index (χ0n) is 22.6. The predicted octanol–water partition coefficient (Wildman–Crippen LogP) is 6.92. The number of halogens is 4. The Morgan fingerprint density at radius 1 is 1.12 bits per heavy atom. The summed E-state index contributed by atoms with van der Waals surface area (Å²) in [4.78, 5) is 27.5. The maximum absolute atomic E-state index is 15.9. The van der Waals surface area contributed by atoms with Gasteiger partial charge in [0.2, 0.25) is 11.8 Å². The van der Waals surface area contributed by atoms with E-state index in [1.807, 2.05) is 26.8 Å². The maximum atomic E-state index is 15.9. The summed E-state index contributed by atoms with van der Waals surface area (Å²) in [5.74, 6) is -3.33. The standard InChI is InChI=1S/C31H28Cl2F2N4O2/c1-30(2,3)14-24-31(27-21(34)11-17(32)12-22(27)39-29(31)41)26(19-5-4-6-20(33)28(19)35)23(38-24)13-25(40)37-18-9-7-16(15-36)8-10-18/h4-12,23-24,26,38H,13-14H2,1-3H3,(H,37,40)(H,39,41). The van der Waals surface area contributed by atoms with Crippen molar-refractivity contribution < 1.29 is 18.4 Å². The molecule has 4 atom stereocenters. The van der Waals surface area contributed by atoms with Crippen molar-refractivity contribution in [2.75, 3.05) is 10.6 Å². The van der Waals surface area contributed by atoms with E-state index in [1.54, 1.807) is 30.3 Å². The average molecular weight is 597 g/mol. The number of anilines is 2. The van der Waals surface area contributed by atoms with Crippen molar-refractivity contribution in [2.24, 2.45) is 5.41 Å². The molecule has 0 aliphatic carbocycles. The Bertz CT molecular complexity index is 1580. The van der Waals surface area contributed by atoms with Gasteiger partial charge in [0, 0.05) is 46.4 Å². The first kappa shape index (κ1) is 29.0. The minimum absolute atomic E-state index is 0.0908. The first-order chi connectivity index (χ1) is 19.3. The summed E-state index contributed by atoms with van der Waals surface area (Å²) in [5.41, 5.74) is -0.602. The van der Waals surface area contributed by atoms with E-state index in [9.17, 15) is 9.59 Å². The monoisotopic (exact) mass is 596 g/mol. The van der Waals surface area contributed by atoms with Crippen LogP contribution in [-0.4, -0.2) is 23.9 Å². The molecule has 2 amide bonds. The number of carbonyl (C=O) groups excluding carboxylic acids is 2. The van der Waals surface area contributed by atoms with Crippen molar-refractivity contribution in [1.82, 2.24) is 5.32 Å². The highest BCUT2D eigenvalue weighted by molar-refractivity contribution is 6.31. The summed E-state index contributed by atoms with van der Waals surface area (Å²) in [5, 5.41) is 18.1. The Labute approximate surface area is 247 Å². The lowest BCUT2D eigenvalue weighted by molar-refractivity contribution is -0.122. The number of hydrogen-bond donors (Lipinski definition) is 3. The summed E-state index contributed by atoms with van der Waals surface area (Å²) >= 11 is 12.4. The Hall–Kier alpha value is -3.51. The quantitative estimate of drug-likeness (QED) is 0.298. The second kappa shape index (κ2) is 10.7. The van der Waals surface area contributed by atoms with Crippen LogP contribution in [0.15, 0.2) is 54.6 Å². The number of fused-ring (bicyclic) bond motifs is 2. The Kier molecular flexibility index (Phi) is 7.58. The van der Waals surface area contributed by atoms with Crippen LogP contribution in [0.1, 0.15) is 56.2 Å². The second-order valence-electron chi connectivity index (χ2n) is 11.8. The van der Waals surface area contributed by atoms with Gasteiger partial charge in [-0.15, -0.1) is 0 Å². The van der Waals surface area contributed by atoms with Crippen LogP contribution < -0.4 is 16.0 Å². The van der Waals surface area contributed by atoms with Gasteiger partial charge >= 0.3 is 0 Å². The summed E-state index contributed by atoms with van der Waals surface area (Å²) in [7, 11) is 0. The SMILES string of the molecule is CC(C)(C)CC1NC(CC(=O)Nc2ccc(C#N)cc2)C(c2cccc(Cl)c2F)C12C(=O)Nc1cc(Cl)cc(F)c12. The number of benzene rings is 3. The van der Waals surface area contributed by atoms with E-state index in [4.69, 9.17) is 28.5 Å². The molecule has 2 aliphatic rings. The third-order valence-corrected chi connectivity index (χ3v) is 8.30. The molecule has 3 N–H and O–H groups in total. The van der Waals surface area contributed by atoms with Crippen LogP contribution in [0.2, 0.25) is 10.0 Å². The maximum Gasteiger partial charge on any atom is 0.237 e. The van der Waals surface area contributed by atoms with Crippen LogP contribution in [0, 0.1) is 28.4 Å². The van der Waals surface area contributed by atoms with E-state index >= 15 is 8.78 Å². The van der Waals surface area contributed by atoms with Gasteiger partial charge in [-0.2, -0.15) is 5.26 Å². The van der Waals surface area contributed by atoms with Crippen molar-refractivity contribution in [3.05, 3.63) is 93.0 Å². The van der Waals surface area contributed by atoms with Crippen LogP contribution in [-0.2, 0) is 15.0 Å². The highest BCUT2D eigenvalue weighted by atomic mass is 35.5. The van der Waals surface area contributed by atoms with E-state index in [-0.39, 0.29) is 38.7 Å². The van der Waals surface area contributed by atoms with E-state index in [1.165, 1.54) is 18.2 Å². The Morgan fingerprint density at radius 3 is 2.49 bits per heavy atom. The van der Waals surface area contributed by atoms with Crippen LogP contribution in [0.4, 0.5) is 20.2 Å². The Balaban J connectivity index is 1.66. The van der Waals surface area contributed by atoms with Crippen LogP contribution in [0.25, 0.3) is 0 Å². The van der Waals surface area contributed by atoms with Gasteiger partial charge in [-0.3, -0.25) is 9.59 Å². The lowest BCUT2D eigenvalue weighted by Crippen LogP contribution is -2.50. The topological polar surface area (TPSA) is 94.0 Å². The highest BCUT2D eigenvalue weighted by Crippen LogP contribution is 2.58. The Morgan fingerprint density at radius 2 is 1.83 bits per heavy atom.